The van der Waals surface area contributed by atoms with Gasteiger partial charge in [-0.05, 0) is 62.1 Å². The van der Waals surface area contributed by atoms with Gasteiger partial charge in [0.2, 0.25) is 0 Å². The van der Waals surface area contributed by atoms with Crippen molar-refractivity contribution in [3.8, 4) is 0 Å². The van der Waals surface area contributed by atoms with Gasteiger partial charge in [0.15, 0.2) is 11.6 Å². The summed E-state index contributed by atoms with van der Waals surface area (Å²) in [6.07, 6.45) is 3.14. The van der Waals surface area contributed by atoms with Gasteiger partial charge in [-0.2, -0.15) is 13.2 Å². The van der Waals surface area contributed by atoms with E-state index in [2.05, 4.69) is 9.97 Å². The van der Waals surface area contributed by atoms with E-state index in [1.165, 1.54) is 18.5 Å². The van der Waals surface area contributed by atoms with Crippen LogP contribution in [-0.2, 0) is 12.6 Å². The molecule has 1 aromatic heterocycles. The van der Waals surface area contributed by atoms with Crippen LogP contribution in [0.15, 0.2) is 30.6 Å². The van der Waals surface area contributed by atoms with Gasteiger partial charge in [0.25, 0.3) is 0 Å². The highest BCUT2D eigenvalue weighted by Crippen LogP contribution is 2.38. The van der Waals surface area contributed by atoms with Crippen LogP contribution in [0.2, 0.25) is 0 Å². The first kappa shape index (κ1) is 22.0. The Morgan fingerprint density at radius 2 is 1.74 bits per heavy atom. The Kier molecular flexibility index (Phi) is 6.46. The third-order valence-corrected chi connectivity index (χ3v) is 6.61. The van der Waals surface area contributed by atoms with Crippen LogP contribution in [0.4, 0.5) is 23.4 Å². The summed E-state index contributed by atoms with van der Waals surface area (Å²) in [5.41, 5.74) is 0.359. The van der Waals surface area contributed by atoms with Crippen molar-refractivity contribution in [1.29, 1.82) is 0 Å². The van der Waals surface area contributed by atoms with Crippen molar-refractivity contribution in [1.82, 2.24) is 9.97 Å². The molecular weight excluding hydrogens is 410 g/mol. The number of aromatic nitrogens is 2. The molecule has 0 spiro atoms. The highest BCUT2D eigenvalue weighted by molar-refractivity contribution is 5.46. The van der Waals surface area contributed by atoms with Gasteiger partial charge in [0.1, 0.15) is 6.33 Å². The molecule has 1 saturated carbocycles. The Balaban J connectivity index is 1.51. The second-order valence-electron chi connectivity index (χ2n) is 8.58. The molecule has 168 valence electrons. The lowest BCUT2D eigenvalue weighted by atomic mass is 9.83. The van der Waals surface area contributed by atoms with Gasteiger partial charge < -0.3 is 10.0 Å². The number of nitrogens with zero attached hydrogens (tertiary/aromatic N) is 3. The van der Waals surface area contributed by atoms with Gasteiger partial charge in [-0.15, -0.1) is 0 Å². The molecule has 3 atom stereocenters. The van der Waals surface area contributed by atoms with Crippen molar-refractivity contribution >= 4 is 5.82 Å². The zero-order valence-electron chi connectivity index (χ0n) is 17.3. The summed E-state index contributed by atoms with van der Waals surface area (Å²) in [6.45, 7) is 0.584. The lowest BCUT2D eigenvalue weighted by Gasteiger charge is -2.28. The lowest BCUT2D eigenvalue weighted by molar-refractivity contribution is -0.137. The molecule has 2 aliphatic rings. The van der Waals surface area contributed by atoms with E-state index in [9.17, 15) is 18.3 Å². The molecule has 4 nitrogen and oxygen atoms in total. The summed E-state index contributed by atoms with van der Waals surface area (Å²) in [6, 6.07) is 4.86. The third-order valence-electron chi connectivity index (χ3n) is 6.61. The molecule has 2 aromatic rings. The normalized spacial score (nSPS) is 24.5. The number of hydrogen-bond donors (Lipinski definition) is 1. The van der Waals surface area contributed by atoms with E-state index in [0.29, 0.717) is 25.1 Å². The minimum atomic E-state index is -4.38. The van der Waals surface area contributed by atoms with Crippen molar-refractivity contribution in [3.63, 3.8) is 0 Å². The number of rotatable bonds is 5. The van der Waals surface area contributed by atoms with Gasteiger partial charge >= 0.3 is 6.18 Å². The van der Waals surface area contributed by atoms with Crippen LogP contribution >= 0.6 is 0 Å². The van der Waals surface area contributed by atoms with Crippen LogP contribution in [0.5, 0.6) is 0 Å². The number of aryl methyl sites for hydroxylation is 1. The Morgan fingerprint density at radius 3 is 2.45 bits per heavy atom. The second kappa shape index (κ2) is 9.10. The highest BCUT2D eigenvalue weighted by atomic mass is 19.4. The van der Waals surface area contributed by atoms with Gasteiger partial charge in [-0.25, -0.2) is 14.4 Å². The van der Waals surface area contributed by atoms with Crippen LogP contribution in [0.1, 0.15) is 67.8 Å². The molecule has 4 rings (SSSR count). The molecule has 1 aromatic carbocycles. The third kappa shape index (κ3) is 4.84. The molecule has 2 unspecified atom stereocenters. The number of aliphatic hydroxyl groups excluding tert-OH is 1. The van der Waals surface area contributed by atoms with Gasteiger partial charge in [0.05, 0.1) is 23.4 Å². The molecule has 2 fully saturated rings. The molecule has 1 N–H and O–H groups in total. The van der Waals surface area contributed by atoms with E-state index in [4.69, 9.17) is 0 Å². The van der Waals surface area contributed by atoms with E-state index in [1.807, 2.05) is 4.90 Å². The minimum Gasteiger partial charge on any atom is -0.393 e. The van der Waals surface area contributed by atoms with Crippen molar-refractivity contribution in [3.05, 3.63) is 53.2 Å². The van der Waals surface area contributed by atoms with E-state index in [-0.39, 0.29) is 23.9 Å². The van der Waals surface area contributed by atoms with Crippen molar-refractivity contribution in [2.45, 2.75) is 69.7 Å². The number of benzene rings is 1. The SMILES string of the molecule is OC1CCCCC1CCc1ncnc(N2CCC[C@@H]2c2ccc(C(F)(F)F)cc2)c1F. The highest BCUT2D eigenvalue weighted by Gasteiger charge is 2.33. The summed E-state index contributed by atoms with van der Waals surface area (Å²) in [7, 11) is 0. The molecule has 1 saturated heterocycles. The number of halogens is 4. The Bertz CT molecular complexity index is 887. The maximum Gasteiger partial charge on any atom is 0.416 e. The van der Waals surface area contributed by atoms with Crippen LogP contribution in [0.25, 0.3) is 0 Å². The van der Waals surface area contributed by atoms with Crippen LogP contribution < -0.4 is 4.90 Å². The van der Waals surface area contributed by atoms with Gasteiger partial charge in [0, 0.05) is 6.54 Å². The van der Waals surface area contributed by atoms with E-state index < -0.39 is 17.6 Å². The van der Waals surface area contributed by atoms with Crippen LogP contribution in [-0.4, -0.2) is 27.7 Å². The average molecular weight is 437 g/mol. The van der Waals surface area contributed by atoms with Gasteiger partial charge in [-0.3, -0.25) is 0 Å². The molecule has 31 heavy (non-hydrogen) atoms. The maximum atomic E-state index is 15.3. The predicted molar refractivity (Wildman–Crippen MR) is 109 cm³/mol. The topological polar surface area (TPSA) is 49.3 Å². The lowest BCUT2D eigenvalue weighted by Crippen LogP contribution is -2.26. The molecular formula is C23H27F4N3O. The predicted octanol–water partition coefficient (Wildman–Crippen LogP) is 5.46. The standard InChI is InChI=1S/C23H27F4N3O/c24-21-18(12-9-16-4-1-2-6-20(16)31)28-14-29-22(21)30-13-3-5-19(30)15-7-10-17(11-8-15)23(25,26)27/h7-8,10-11,14,16,19-20,31H,1-6,9,12-13H2/t16?,19-,20?/m1/s1. The number of alkyl halides is 3. The molecule has 0 radical (unpaired) electrons. The fourth-order valence-electron chi connectivity index (χ4n) is 4.88. The molecule has 2 heterocycles. The number of hydrogen-bond acceptors (Lipinski definition) is 4. The molecule has 8 heteroatoms. The smallest absolute Gasteiger partial charge is 0.393 e. The van der Waals surface area contributed by atoms with E-state index in [1.54, 1.807) is 0 Å². The quantitative estimate of drug-likeness (QED) is 0.631. The van der Waals surface area contributed by atoms with Gasteiger partial charge in [-0.1, -0.05) is 25.0 Å². The number of anilines is 1. The maximum absolute atomic E-state index is 15.3. The number of aliphatic hydroxyl groups is 1. The summed E-state index contributed by atoms with van der Waals surface area (Å²) >= 11 is 0. The average Bonchev–Trinajstić information content (AvgIpc) is 3.23. The first-order chi connectivity index (χ1) is 14.8. The zero-order valence-corrected chi connectivity index (χ0v) is 17.3. The minimum absolute atomic E-state index is 0.165. The fourth-order valence-corrected chi connectivity index (χ4v) is 4.88. The summed E-state index contributed by atoms with van der Waals surface area (Å²) in [5, 5.41) is 10.2. The first-order valence-electron chi connectivity index (χ1n) is 11.0. The molecule has 0 bridgehead atoms. The Morgan fingerprint density at radius 1 is 1.00 bits per heavy atom. The second-order valence-corrected chi connectivity index (χ2v) is 8.58. The van der Waals surface area contributed by atoms with Crippen molar-refractivity contribution in [2.24, 2.45) is 5.92 Å². The first-order valence-corrected chi connectivity index (χ1v) is 11.0. The Hall–Kier alpha value is -2.22. The van der Waals surface area contributed by atoms with Crippen molar-refractivity contribution in [2.75, 3.05) is 11.4 Å². The summed E-state index contributed by atoms with van der Waals surface area (Å²) in [4.78, 5) is 10.1. The van der Waals surface area contributed by atoms with E-state index >= 15 is 4.39 Å². The van der Waals surface area contributed by atoms with E-state index in [0.717, 1.165) is 56.2 Å². The van der Waals surface area contributed by atoms with Crippen LogP contribution in [0, 0.1) is 11.7 Å². The molecule has 0 amide bonds. The fraction of sp³-hybridized carbons (Fsp3) is 0.565. The summed E-state index contributed by atoms with van der Waals surface area (Å²) < 4.78 is 53.9. The molecule has 1 aliphatic carbocycles. The van der Waals surface area contributed by atoms with Crippen LogP contribution in [0.3, 0.4) is 0 Å². The Labute approximate surface area is 179 Å². The summed E-state index contributed by atoms with van der Waals surface area (Å²) in [5.74, 6) is -0.0959. The van der Waals surface area contributed by atoms with Crippen molar-refractivity contribution < 1.29 is 22.7 Å². The zero-order chi connectivity index (χ0) is 22.0. The largest absolute Gasteiger partial charge is 0.416 e. The molecule has 1 aliphatic heterocycles. The monoisotopic (exact) mass is 437 g/mol.